The van der Waals surface area contributed by atoms with E-state index < -0.39 is 0 Å². The van der Waals surface area contributed by atoms with Crippen molar-refractivity contribution in [2.75, 3.05) is 6.61 Å². The van der Waals surface area contributed by atoms with Crippen molar-refractivity contribution >= 4 is 0 Å². The van der Waals surface area contributed by atoms with Crippen LogP contribution in [0.3, 0.4) is 0 Å². The fraction of sp³-hybridized carbons (Fsp3) is 0.250. The van der Waals surface area contributed by atoms with E-state index in [4.69, 9.17) is 9.72 Å². The van der Waals surface area contributed by atoms with E-state index in [0.717, 1.165) is 40.4 Å². The number of para-hydroxylation sites is 1. The first-order chi connectivity index (χ1) is 14.6. The second-order valence-corrected chi connectivity index (χ2v) is 7.55. The summed E-state index contributed by atoms with van der Waals surface area (Å²) in [6.07, 6.45) is 2.35. The Hall–Kier alpha value is -3.54. The molecule has 0 radical (unpaired) electrons. The van der Waals surface area contributed by atoms with Gasteiger partial charge in [-0.15, -0.1) is 5.10 Å². The molecule has 4 rings (SSSR count). The van der Waals surface area contributed by atoms with Crippen molar-refractivity contribution in [2.45, 2.75) is 33.1 Å². The van der Waals surface area contributed by atoms with Gasteiger partial charge in [-0.05, 0) is 40.5 Å². The molecule has 2 aromatic heterocycles. The molecule has 0 amide bonds. The lowest BCUT2D eigenvalue weighted by Gasteiger charge is -2.14. The number of nitrogens with zero attached hydrogens (tertiary/aromatic N) is 5. The first kappa shape index (κ1) is 19.8. The Morgan fingerprint density at radius 2 is 1.80 bits per heavy atom. The number of ether oxygens (including phenoxy) is 1. The highest BCUT2D eigenvalue weighted by molar-refractivity contribution is 5.66. The van der Waals surface area contributed by atoms with Crippen molar-refractivity contribution in [3.63, 3.8) is 0 Å². The van der Waals surface area contributed by atoms with Crippen LogP contribution >= 0.6 is 0 Å². The summed E-state index contributed by atoms with van der Waals surface area (Å²) >= 11 is 0. The van der Waals surface area contributed by atoms with Crippen molar-refractivity contribution in [1.82, 2.24) is 25.2 Å². The standard InChI is InChI=1S/C24H25N5O/c1-17(2)21-9-5-6-10-22(21)23-15-20(14-18(3)26-23)30-13-12-19-8-4-7-11-24(19)29-16-25-27-28-29/h4-11,14-17H,12-13H2,1-3H3. The van der Waals surface area contributed by atoms with E-state index in [-0.39, 0.29) is 0 Å². The van der Waals surface area contributed by atoms with Gasteiger partial charge in [0.25, 0.3) is 0 Å². The van der Waals surface area contributed by atoms with Crippen LogP contribution in [0.1, 0.15) is 36.6 Å². The zero-order valence-corrected chi connectivity index (χ0v) is 17.5. The van der Waals surface area contributed by atoms with Crippen LogP contribution < -0.4 is 4.74 Å². The predicted molar refractivity (Wildman–Crippen MR) is 117 cm³/mol. The maximum atomic E-state index is 6.12. The molecule has 0 saturated carbocycles. The summed E-state index contributed by atoms with van der Waals surface area (Å²) in [5, 5.41) is 11.5. The molecule has 4 aromatic rings. The highest BCUT2D eigenvalue weighted by Gasteiger charge is 2.11. The van der Waals surface area contributed by atoms with E-state index in [1.807, 2.05) is 37.3 Å². The van der Waals surface area contributed by atoms with Crippen LogP contribution in [0.4, 0.5) is 0 Å². The van der Waals surface area contributed by atoms with Gasteiger partial charge in [-0.25, -0.2) is 4.68 Å². The summed E-state index contributed by atoms with van der Waals surface area (Å²) in [6, 6.07) is 20.5. The molecule has 0 spiro atoms. The number of hydrogen-bond acceptors (Lipinski definition) is 5. The quantitative estimate of drug-likeness (QED) is 0.447. The molecule has 0 saturated heterocycles. The average Bonchev–Trinajstić information content (AvgIpc) is 3.28. The maximum absolute atomic E-state index is 6.12. The third-order valence-corrected chi connectivity index (χ3v) is 5.01. The molecule has 0 aliphatic rings. The molecule has 0 N–H and O–H groups in total. The third kappa shape index (κ3) is 4.38. The summed E-state index contributed by atoms with van der Waals surface area (Å²) in [5.74, 6) is 1.26. The smallest absolute Gasteiger partial charge is 0.143 e. The van der Waals surface area contributed by atoms with E-state index in [1.165, 1.54) is 5.56 Å². The molecule has 6 heteroatoms. The van der Waals surface area contributed by atoms with E-state index >= 15 is 0 Å². The van der Waals surface area contributed by atoms with Crippen LogP contribution in [0.2, 0.25) is 0 Å². The molecule has 0 atom stereocenters. The van der Waals surface area contributed by atoms with Crippen LogP contribution in [0.5, 0.6) is 5.75 Å². The molecular formula is C24H25N5O. The van der Waals surface area contributed by atoms with Gasteiger partial charge in [0.15, 0.2) is 0 Å². The molecule has 2 heterocycles. The molecule has 6 nitrogen and oxygen atoms in total. The molecule has 152 valence electrons. The van der Waals surface area contributed by atoms with Gasteiger partial charge in [-0.3, -0.25) is 4.98 Å². The summed E-state index contributed by atoms with van der Waals surface area (Å²) in [7, 11) is 0. The topological polar surface area (TPSA) is 65.7 Å². The van der Waals surface area contributed by atoms with E-state index in [9.17, 15) is 0 Å². The Morgan fingerprint density at radius 1 is 1.00 bits per heavy atom. The number of benzene rings is 2. The lowest BCUT2D eigenvalue weighted by atomic mass is 9.95. The van der Waals surface area contributed by atoms with Gasteiger partial charge < -0.3 is 4.74 Å². The normalized spacial score (nSPS) is 11.1. The van der Waals surface area contributed by atoms with Crippen molar-refractivity contribution < 1.29 is 4.74 Å². The van der Waals surface area contributed by atoms with Crippen LogP contribution in [0.15, 0.2) is 67.0 Å². The molecule has 0 bridgehead atoms. The van der Waals surface area contributed by atoms with Gasteiger partial charge in [0.2, 0.25) is 0 Å². The largest absolute Gasteiger partial charge is 0.493 e. The van der Waals surface area contributed by atoms with Crippen LogP contribution in [-0.2, 0) is 6.42 Å². The lowest BCUT2D eigenvalue weighted by molar-refractivity contribution is 0.321. The monoisotopic (exact) mass is 399 g/mol. The minimum atomic E-state index is 0.427. The summed E-state index contributed by atoms with van der Waals surface area (Å²) in [6.45, 7) is 6.96. The van der Waals surface area contributed by atoms with Crippen molar-refractivity contribution in [3.8, 4) is 22.7 Å². The number of hydrogen-bond donors (Lipinski definition) is 0. The SMILES string of the molecule is Cc1cc(OCCc2ccccc2-n2cnnn2)cc(-c2ccccc2C(C)C)n1. The lowest BCUT2D eigenvalue weighted by Crippen LogP contribution is -2.06. The fourth-order valence-electron chi connectivity index (χ4n) is 3.59. The van der Waals surface area contributed by atoms with Crippen LogP contribution in [0.25, 0.3) is 16.9 Å². The van der Waals surface area contributed by atoms with Gasteiger partial charge in [-0.1, -0.05) is 56.3 Å². The minimum absolute atomic E-state index is 0.427. The second-order valence-electron chi connectivity index (χ2n) is 7.55. The fourth-order valence-corrected chi connectivity index (χ4v) is 3.59. The van der Waals surface area contributed by atoms with Crippen molar-refractivity contribution in [1.29, 1.82) is 0 Å². The van der Waals surface area contributed by atoms with Crippen molar-refractivity contribution in [3.05, 3.63) is 83.8 Å². The van der Waals surface area contributed by atoms with Crippen LogP contribution in [0, 0.1) is 6.92 Å². The van der Waals surface area contributed by atoms with E-state index in [0.29, 0.717) is 12.5 Å². The highest BCUT2D eigenvalue weighted by Crippen LogP contribution is 2.30. The predicted octanol–water partition coefficient (Wildman–Crippen LogP) is 4.78. The highest BCUT2D eigenvalue weighted by atomic mass is 16.5. The van der Waals surface area contributed by atoms with E-state index in [1.54, 1.807) is 11.0 Å². The first-order valence-electron chi connectivity index (χ1n) is 10.1. The van der Waals surface area contributed by atoms with Crippen molar-refractivity contribution in [2.24, 2.45) is 0 Å². The Kier molecular flexibility index (Phi) is 5.84. The number of rotatable bonds is 7. The number of tetrazole rings is 1. The summed E-state index contributed by atoms with van der Waals surface area (Å²) in [5.41, 5.74) is 6.42. The van der Waals surface area contributed by atoms with Crippen LogP contribution in [-0.4, -0.2) is 31.8 Å². The number of aromatic nitrogens is 5. The molecule has 2 aromatic carbocycles. The summed E-state index contributed by atoms with van der Waals surface area (Å²) < 4.78 is 7.80. The van der Waals surface area contributed by atoms with Gasteiger partial charge in [0.05, 0.1) is 18.0 Å². The molecule has 0 aliphatic heterocycles. The van der Waals surface area contributed by atoms with Gasteiger partial charge in [0.1, 0.15) is 12.1 Å². The molecule has 0 unspecified atom stereocenters. The first-order valence-corrected chi connectivity index (χ1v) is 10.1. The molecular weight excluding hydrogens is 374 g/mol. The molecule has 30 heavy (non-hydrogen) atoms. The Labute approximate surface area is 176 Å². The Balaban J connectivity index is 1.52. The summed E-state index contributed by atoms with van der Waals surface area (Å²) in [4.78, 5) is 4.76. The minimum Gasteiger partial charge on any atom is -0.493 e. The molecule has 0 fully saturated rings. The number of aryl methyl sites for hydroxylation is 1. The van der Waals surface area contributed by atoms with Gasteiger partial charge in [-0.2, -0.15) is 0 Å². The average molecular weight is 399 g/mol. The number of pyridine rings is 1. The Bertz CT molecular complexity index is 1120. The zero-order chi connectivity index (χ0) is 20.9. The zero-order valence-electron chi connectivity index (χ0n) is 17.5. The van der Waals surface area contributed by atoms with Gasteiger partial charge in [0, 0.05) is 29.8 Å². The maximum Gasteiger partial charge on any atom is 0.143 e. The Morgan fingerprint density at radius 3 is 2.60 bits per heavy atom. The van der Waals surface area contributed by atoms with E-state index in [2.05, 4.69) is 59.7 Å². The third-order valence-electron chi connectivity index (χ3n) is 5.01. The second kappa shape index (κ2) is 8.86. The molecule has 0 aliphatic carbocycles. The van der Waals surface area contributed by atoms with Gasteiger partial charge >= 0.3 is 0 Å².